The third kappa shape index (κ3) is 4.26. The fourth-order valence-electron chi connectivity index (χ4n) is 1.03. The summed E-state index contributed by atoms with van der Waals surface area (Å²) in [6, 6.07) is 1.64. The number of aromatic nitrogens is 1. The molecule has 0 bridgehead atoms. The second-order valence-electron chi connectivity index (χ2n) is 3.20. The summed E-state index contributed by atoms with van der Waals surface area (Å²) in [6.07, 6.45) is -2.94. The molecule has 0 aliphatic carbocycles. The Labute approximate surface area is 96.4 Å². The molecule has 0 fully saturated rings. The summed E-state index contributed by atoms with van der Waals surface area (Å²) in [6.45, 7) is 1.46. The molecular formula is C10H11ClF3NO. The summed E-state index contributed by atoms with van der Waals surface area (Å²) in [5.74, 6) is 0.0446. The monoisotopic (exact) mass is 253 g/mol. The summed E-state index contributed by atoms with van der Waals surface area (Å²) in [7, 11) is 0. The smallest absolute Gasteiger partial charge is 0.392 e. The molecule has 0 aliphatic heterocycles. The van der Waals surface area contributed by atoms with E-state index in [4.69, 9.17) is 16.3 Å². The van der Waals surface area contributed by atoms with Crippen molar-refractivity contribution in [2.75, 3.05) is 6.61 Å². The van der Waals surface area contributed by atoms with E-state index in [0.717, 1.165) is 12.0 Å². The van der Waals surface area contributed by atoms with Gasteiger partial charge in [-0.05, 0) is 18.1 Å². The second-order valence-corrected chi connectivity index (χ2v) is 3.60. The maximum absolute atomic E-state index is 11.8. The van der Waals surface area contributed by atoms with E-state index >= 15 is 0 Å². The Hall–Kier alpha value is -0.970. The van der Waals surface area contributed by atoms with E-state index in [9.17, 15) is 13.2 Å². The highest BCUT2D eigenvalue weighted by molar-refractivity contribution is 6.31. The lowest BCUT2D eigenvalue weighted by Crippen LogP contribution is -2.13. The minimum Gasteiger partial charge on any atom is -0.476 e. The van der Waals surface area contributed by atoms with Gasteiger partial charge >= 0.3 is 6.18 Å². The zero-order valence-corrected chi connectivity index (χ0v) is 9.40. The van der Waals surface area contributed by atoms with Gasteiger partial charge in [0.2, 0.25) is 5.88 Å². The van der Waals surface area contributed by atoms with E-state index in [1.165, 1.54) is 6.20 Å². The van der Waals surface area contributed by atoms with E-state index in [0.29, 0.717) is 0 Å². The molecule has 0 amide bonds. The summed E-state index contributed by atoms with van der Waals surface area (Å²) >= 11 is 5.79. The highest BCUT2D eigenvalue weighted by atomic mass is 35.5. The third-order valence-electron chi connectivity index (χ3n) is 1.90. The highest BCUT2D eigenvalue weighted by Gasteiger charge is 2.27. The largest absolute Gasteiger partial charge is 0.476 e. The van der Waals surface area contributed by atoms with Crippen molar-refractivity contribution in [2.45, 2.75) is 25.9 Å². The van der Waals surface area contributed by atoms with Gasteiger partial charge < -0.3 is 4.74 Å². The molecule has 0 spiro atoms. The molecule has 90 valence electrons. The normalized spacial score (nSPS) is 11.6. The lowest BCUT2D eigenvalue weighted by atomic mass is 10.2. The van der Waals surface area contributed by atoms with Crippen molar-refractivity contribution in [3.63, 3.8) is 0 Å². The van der Waals surface area contributed by atoms with Crippen LogP contribution >= 0.6 is 11.6 Å². The van der Waals surface area contributed by atoms with E-state index in [1.807, 2.05) is 6.92 Å². The van der Waals surface area contributed by atoms with E-state index in [-0.39, 0.29) is 10.9 Å². The van der Waals surface area contributed by atoms with Crippen LogP contribution in [0.5, 0.6) is 5.88 Å². The number of pyridine rings is 1. The number of hydrogen-bond acceptors (Lipinski definition) is 2. The molecule has 1 aromatic rings. The van der Waals surface area contributed by atoms with Crippen LogP contribution in [-0.4, -0.2) is 17.8 Å². The first-order chi connectivity index (χ1) is 7.42. The van der Waals surface area contributed by atoms with Gasteiger partial charge in [-0.2, -0.15) is 13.2 Å². The first-order valence-corrected chi connectivity index (χ1v) is 5.14. The first kappa shape index (κ1) is 13.1. The molecule has 0 aliphatic rings. The molecule has 0 aromatic carbocycles. The molecule has 1 heterocycles. The first-order valence-electron chi connectivity index (χ1n) is 4.76. The minimum atomic E-state index is -4.23. The molecule has 1 rings (SSSR count). The third-order valence-corrected chi connectivity index (χ3v) is 2.17. The predicted octanol–water partition coefficient (Wildman–Crippen LogP) is 3.63. The predicted molar refractivity (Wildman–Crippen MR) is 54.8 cm³/mol. The van der Waals surface area contributed by atoms with Crippen molar-refractivity contribution in [2.24, 2.45) is 0 Å². The van der Waals surface area contributed by atoms with Gasteiger partial charge in [0.25, 0.3) is 0 Å². The van der Waals surface area contributed by atoms with Crippen molar-refractivity contribution < 1.29 is 17.9 Å². The second kappa shape index (κ2) is 5.39. The average Bonchev–Trinajstić information content (AvgIpc) is 2.18. The molecule has 0 saturated carbocycles. The Bertz CT molecular complexity index is 354. The molecule has 0 radical (unpaired) electrons. The highest BCUT2D eigenvalue weighted by Crippen LogP contribution is 2.24. The number of alkyl halides is 3. The van der Waals surface area contributed by atoms with Crippen LogP contribution in [0.3, 0.4) is 0 Å². The Morgan fingerprint density at radius 2 is 2.12 bits per heavy atom. The summed E-state index contributed by atoms with van der Waals surface area (Å²) in [4.78, 5) is 3.85. The lowest BCUT2D eigenvalue weighted by molar-refractivity contribution is -0.139. The summed E-state index contributed by atoms with van der Waals surface area (Å²) in [5.41, 5.74) is 0.910. The van der Waals surface area contributed by atoms with E-state index < -0.39 is 19.2 Å². The van der Waals surface area contributed by atoms with Crippen LogP contribution in [0.4, 0.5) is 13.2 Å². The number of rotatable bonds is 4. The average molecular weight is 254 g/mol. The van der Waals surface area contributed by atoms with E-state index in [1.54, 1.807) is 6.07 Å². The summed E-state index contributed by atoms with van der Waals surface area (Å²) in [5, 5.41) is 0.238. The standard InChI is InChI=1S/C10H11ClF3NO/c1-2-7-5-8(11)9(15-6-7)16-4-3-10(12,13)14/h5-6H,2-4H2,1H3. The van der Waals surface area contributed by atoms with Gasteiger partial charge in [-0.3, -0.25) is 0 Å². The van der Waals surface area contributed by atoms with Crippen LogP contribution in [-0.2, 0) is 6.42 Å². The number of halogens is 4. The Morgan fingerprint density at radius 1 is 1.44 bits per heavy atom. The molecule has 0 unspecified atom stereocenters. The molecule has 6 heteroatoms. The van der Waals surface area contributed by atoms with Gasteiger partial charge in [0.15, 0.2) is 0 Å². The molecule has 0 saturated heterocycles. The zero-order chi connectivity index (χ0) is 12.2. The Balaban J connectivity index is 2.55. The Kier molecular flexibility index (Phi) is 4.41. The van der Waals surface area contributed by atoms with Crippen LogP contribution in [0.1, 0.15) is 18.9 Å². The van der Waals surface area contributed by atoms with Crippen LogP contribution in [0.25, 0.3) is 0 Å². The zero-order valence-electron chi connectivity index (χ0n) is 8.64. The SMILES string of the molecule is CCc1cnc(OCCC(F)(F)F)c(Cl)c1. The molecule has 0 atom stereocenters. The van der Waals surface area contributed by atoms with Gasteiger partial charge in [0.05, 0.1) is 13.0 Å². The topological polar surface area (TPSA) is 22.1 Å². The number of hydrogen-bond donors (Lipinski definition) is 0. The fourth-order valence-corrected chi connectivity index (χ4v) is 1.27. The van der Waals surface area contributed by atoms with Crippen LogP contribution in [0, 0.1) is 0 Å². The van der Waals surface area contributed by atoms with Crippen molar-refractivity contribution in [1.82, 2.24) is 4.98 Å². The maximum atomic E-state index is 11.8. The number of ether oxygens (including phenoxy) is 1. The van der Waals surface area contributed by atoms with Crippen LogP contribution in [0.15, 0.2) is 12.3 Å². The van der Waals surface area contributed by atoms with Crippen molar-refractivity contribution >= 4 is 11.6 Å². The number of nitrogens with zero attached hydrogens (tertiary/aromatic N) is 1. The van der Waals surface area contributed by atoms with Gasteiger partial charge in [0, 0.05) is 6.20 Å². The Morgan fingerprint density at radius 3 is 2.62 bits per heavy atom. The van der Waals surface area contributed by atoms with Crippen LogP contribution in [0.2, 0.25) is 5.02 Å². The van der Waals surface area contributed by atoms with Gasteiger partial charge in [-0.15, -0.1) is 0 Å². The molecule has 1 aromatic heterocycles. The van der Waals surface area contributed by atoms with Crippen molar-refractivity contribution in [1.29, 1.82) is 0 Å². The number of aryl methyl sites for hydroxylation is 1. The van der Waals surface area contributed by atoms with Gasteiger partial charge in [0.1, 0.15) is 5.02 Å². The van der Waals surface area contributed by atoms with Crippen molar-refractivity contribution in [3.8, 4) is 5.88 Å². The molecule has 2 nitrogen and oxygen atoms in total. The van der Waals surface area contributed by atoms with Gasteiger partial charge in [-0.25, -0.2) is 4.98 Å². The van der Waals surface area contributed by atoms with Gasteiger partial charge in [-0.1, -0.05) is 18.5 Å². The molecule has 0 N–H and O–H groups in total. The fraction of sp³-hybridized carbons (Fsp3) is 0.500. The molecule has 16 heavy (non-hydrogen) atoms. The van der Waals surface area contributed by atoms with Crippen LogP contribution < -0.4 is 4.74 Å². The van der Waals surface area contributed by atoms with E-state index in [2.05, 4.69) is 4.98 Å². The lowest BCUT2D eigenvalue weighted by Gasteiger charge is -2.09. The quantitative estimate of drug-likeness (QED) is 0.817. The summed E-state index contributed by atoms with van der Waals surface area (Å²) < 4.78 is 40.4. The van der Waals surface area contributed by atoms with Crippen molar-refractivity contribution in [3.05, 3.63) is 22.8 Å². The maximum Gasteiger partial charge on any atom is 0.392 e. The molecular weight excluding hydrogens is 243 g/mol. The minimum absolute atomic E-state index is 0.0446.